The molecule has 1 aliphatic heterocycles. The first-order valence-corrected chi connectivity index (χ1v) is 10.2. The van der Waals surface area contributed by atoms with Gasteiger partial charge in [0.05, 0.1) is 6.54 Å². The van der Waals surface area contributed by atoms with Crippen molar-refractivity contribution < 1.29 is 0 Å². The van der Waals surface area contributed by atoms with E-state index in [2.05, 4.69) is 72.4 Å². The van der Waals surface area contributed by atoms with Crippen molar-refractivity contribution in [2.24, 2.45) is 4.99 Å². The fourth-order valence-corrected chi connectivity index (χ4v) is 3.10. The van der Waals surface area contributed by atoms with Crippen LogP contribution < -0.4 is 10.6 Å². The van der Waals surface area contributed by atoms with Gasteiger partial charge in [0.25, 0.3) is 0 Å². The minimum absolute atomic E-state index is 0.434. The maximum Gasteiger partial charge on any atom is 0.191 e. The highest BCUT2D eigenvalue weighted by atomic mass is 15.3. The van der Waals surface area contributed by atoms with Crippen LogP contribution >= 0.6 is 0 Å². The Morgan fingerprint density at radius 3 is 2.19 bits per heavy atom. The number of hydrogen-bond acceptors (Lipinski definition) is 3. The summed E-state index contributed by atoms with van der Waals surface area (Å²) in [7, 11) is 0. The first kappa shape index (κ1) is 20.7. The number of likely N-dealkylation sites (N-methyl/N-ethyl adjacent to an activating group) is 1. The summed E-state index contributed by atoms with van der Waals surface area (Å²) >= 11 is 0. The van der Waals surface area contributed by atoms with Gasteiger partial charge in [0.1, 0.15) is 0 Å². The van der Waals surface area contributed by atoms with Crippen LogP contribution in [0.5, 0.6) is 0 Å². The van der Waals surface area contributed by atoms with Gasteiger partial charge in [-0.3, -0.25) is 4.90 Å². The summed E-state index contributed by atoms with van der Waals surface area (Å²) < 4.78 is 0. The van der Waals surface area contributed by atoms with Crippen LogP contribution in [0.2, 0.25) is 0 Å². The average molecular weight is 360 g/mol. The Labute approximate surface area is 159 Å². The number of guanidine groups is 1. The zero-order valence-corrected chi connectivity index (χ0v) is 17.1. The SMILES string of the molecule is CCNC(=NCc1ccc(CN2CCN(CC)CC2)cc1)NC(C)CC. The fourth-order valence-electron chi connectivity index (χ4n) is 3.10. The number of hydrogen-bond donors (Lipinski definition) is 2. The van der Waals surface area contributed by atoms with E-state index >= 15 is 0 Å². The molecule has 2 rings (SSSR count). The van der Waals surface area contributed by atoms with E-state index in [0.717, 1.165) is 25.5 Å². The molecule has 1 aromatic rings. The Morgan fingerprint density at radius 2 is 1.62 bits per heavy atom. The summed E-state index contributed by atoms with van der Waals surface area (Å²) in [4.78, 5) is 9.79. The van der Waals surface area contributed by atoms with Gasteiger partial charge in [0.2, 0.25) is 0 Å². The number of piperazine rings is 1. The largest absolute Gasteiger partial charge is 0.357 e. The first-order valence-electron chi connectivity index (χ1n) is 10.2. The third-order valence-electron chi connectivity index (χ3n) is 5.10. The van der Waals surface area contributed by atoms with Gasteiger partial charge in [-0.25, -0.2) is 4.99 Å². The molecule has 1 aliphatic rings. The van der Waals surface area contributed by atoms with Crippen LogP contribution in [0.4, 0.5) is 0 Å². The van der Waals surface area contributed by atoms with Crippen molar-refractivity contribution in [3.8, 4) is 0 Å². The molecule has 0 saturated carbocycles. The van der Waals surface area contributed by atoms with Gasteiger partial charge < -0.3 is 15.5 Å². The van der Waals surface area contributed by atoms with Crippen LogP contribution in [0.3, 0.4) is 0 Å². The van der Waals surface area contributed by atoms with Crippen LogP contribution in [-0.2, 0) is 13.1 Å². The van der Waals surface area contributed by atoms with Gasteiger partial charge in [-0.15, -0.1) is 0 Å². The molecular formula is C21H37N5. The van der Waals surface area contributed by atoms with E-state index in [0.29, 0.717) is 12.6 Å². The Hall–Kier alpha value is -1.59. The van der Waals surface area contributed by atoms with Crippen molar-refractivity contribution in [2.75, 3.05) is 39.3 Å². The summed E-state index contributed by atoms with van der Waals surface area (Å²) in [5.74, 6) is 0.903. The van der Waals surface area contributed by atoms with E-state index in [-0.39, 0.29) is 0 Å². The summed E-state index contributed by atoms with van der Waals surface area (Å²) in [6.45, 7) is 17.3. The molecule has 1 aromatic carbocycles. The lowest BCUT2D eigenvalue weighted by Crippen LogP contribution is -2.45. The molecule has 5 nitrogen and oxygen atoms in total. The first-order chi connectivity index (χ1) is 12.6. The molecule has 1 fully saturated rings. The molecule has 0 spiro atoms. The molecule has 1 unspecified atom stereocenters. The van der Waals surface area contributed by atoms with E-state index in [4.69, 9.17) is 4.99 Å². The van der Waals surface area contributed by atoms with Gasteiger partial charge in [-0.05, 0) is 37.9 Å². The molecule has 1 atom stereocenters. The van der Waals surface area contributed by atoms with Crippen LogP contribution in [-0.4, -0.2) is 61.1 Å². The molecule has 0 amide bonds. The van der Waals surface area contributed by atoms with Crippen LogP contribution in [0.1, 0.15) is 45.2 Å². The smallest absolute Gasteiger partial charge is 0.191 e. The van der Waals surface area contributed by atoms with E-state index in [1.165, 1.54) is 43.9 Å². The molecule has 26 heavy (non-hydrogen) atoms. The van der Waals surface area contributed by atoms with Gasteiger partial charge in [-0.2, -0.15) is 0 Å². The Kier molecular flexibility index (Phi) is 8.92. The lowest BCUT2D eigenvalue weighted by atomic mass is 10.1. The number of nitrogens with zero attached hydrogens (tertiary/aromatic N) is 3. The van der Waals surface area contributed by atoms with E-state index in [1.807, 2.05) is 0 Å². The predicted molar refractivity (Wildman–Crippen MR) is 112 cm³/mol. The molecule has 0 aliphatic carbocycles. The zero-order chi connectivity index (χ0) is 18.8. The average Bonchev–Trinajstić information content (AvgIpc) is 2.68. The van der Waals surface area contributed by atoms with Crippen LogP contribution in [0.15, 0.2) is 29.3 Å². The Bertz CT molecular complexity index is 532. The summed E-state index contributed by atoms with van der Waals surface area (Å²) in [6.07, 6.45) is 1.09. The number of nitrogens with one attached hydrogen (secondary N) is 2. The molecule has 146 valence electrons. The highest BCUT2D eigenvalue weighted by Crippen LogP contribution is 2.11. The predicted octanol–water partition coefficient (Wildman–Crippen LogP) is 2.68. The minimum atomic E-state index is 0.434. The fraction of sp³-hybridized carbons (Fsp3) is 0.667. The van der Waals surface area contributed by atoms with Crippen molar-refractivity contribution >= 4 is 5.96 Å². The topological polar surface area (TPSA) is 42.9 Å². The van der Waals surface area contributed by atoms with Crippen molar-refractivity contribution in [1.82, 2.24) is 20.4 Å². The van der Waals surface area contributed by atoms with E-state index in [9.17, 15) is 0 Å². The summed E-state index contributed by atoms with van der Waals surface area (Å²) in [5.41, 5.74) is 2.65. The third-order valence-corrected chi connectivity index (χ3v) is 5.10. The second-order valence-electron chi connectivity index (χ2n) is 7.18. The summed E-state index contributed by atoms with van der Waals surface area (Å²) in [5, 5.41) is 6.76. The second-order valence-corrected chi connectivity index (χ2v) is 7.18. The molecule has 5 heteroatoms. The van der Waals surface area contributed by atoms with Gasteiger partial charge in [0, 0.05) is 45.3 Å². The molecule has 2 N–H and O–H groups in total. The maximum atomic E-state index is 4.71. The summed E-state index contributed by atoms with van der Waals surface area (Å²) in [6, 6.07) is 9.38. The highest BCUT2D eigenvalue weighted by Gasteiger charge is 2.15. The zero-order valence-electron chi connectivity index (χ0n) is 17.1. The van der Waals surface area contributed by atoms with Crippen LogP contribution in [0, 0.1) is 0 Å². The van der Waals surface area contributed by atoms with Gasteiger partial charge >= 0.3 is 0 Å². The van der Waals surface area contributed by atoms with Crippen molar-refractivity contribution in [1.29, 1.82) is 0 Å². The van der Waals surface area contributed by atoms with Crippen molar-refractivity contribution in [3.05, 3.63) is 35.4 Å². The van der Waals surface area contributed by atoms with E-state index in [1.54, 1.807) is 0 Å². The molecule has 1 heterocycles. The third kappa shape index (κ3) is 6.96. The number of rotatable bonds is 8. The Morgan fingerprint density at radius 1 is 1.00 bits per heavy atom. The lowest BCUT2D eigenvalue weighted by molar-refractivity contribution is 0.132. The quantitative estimate of drug-likeness (QED) is 0.553. The number of aliphatic imine (C=N–C) groups is 1. The highest BCUT2D eigenvalue weighted by molar-refractivity contribution is 5.80. The molecule has 0 bridgehead atoms. The molecule has 0 radical (unpaired) electrons. The van der Waals surface area contributed by atoms with E-state index < -0.39 is 0 Å². The van der Waals surface area contributed by atoms with Gasteiger partial charge in [0.15, 0.2) is 5.96 Å². The minimum Gasteiger partial charge on any atom is -0.357 e. The molecule has 0 aromatic heterocycles. The standard InChI is InChI=1S/C21H37N5/c1-5-18(4)24-21(22-6-2)23-16-19-8-10-20(11-9-19)17-26-14-12-25(7-3)13-15-26/h8-11,18H,5-7,12-17H2,1-4H3,(H2,22,23,24). The lowest BCUT2D eigenvalue weighted by Gasteiger charge is -2.34. The van der Waals surface area contributed by atoms with Crippen molar-refractivity contribution in [3.63, 3.8) is 0 Å². The monoisotopic (exact) mass is 359 g/mol. The Balaban J connectivity index is 1.85. The second kappa shape index (κ2) is 11.2. The number of benzene rings is 1. The molecule has 1 saturated heterocycles. The normalized spacial score (nSPS) is 17.9. The maximum absolute atomic E-state index is 4.71. The van der Waals surface area contributed by atoms with Crippen LogP contribution in [0.25, 0.3) is 0 Å². The van der Waals surface area contributed by atoms with Gasteiger partial charge in [-0.1, -0.05) is 38.1 Å². The van der Waals surface area contributed by atoms with Crippen molar-refractivity contribution in [2.45, 2.75) is 53.2 Å². The molecular weight excluding hydrogens is 322 g/mol.